The summed E-state index contributed by atoms with van der Waals surface area (Å²) >= 11 is 0. The van der Waals surface area contributed by atoms with Gasteiger partial charge in [0.1, 0.15) is 12.4 Å². The van der Waals surface area contributed by atoms with Crippen molar-refractivity contribution in [3.63, 3.8) is 0 Å². The fraction of sp³-hybridized carbons (Fsp3) is 0.300. The van der Waals surface area contributed by atoms with Crippen LogP contribution in [-0.2, 0) is 0 Å². The first-order valence-electron chi connectivity index (χ1n) is 5.02. The molecule has 0 spiro atoms. The quantitative estimate of drug-likeness (QED) is 0.745. The predicted molar refractivity (Wildman–Crippen MR) is 58.8 cm³/mol. The van der Waals surface area contributed by atoms with Gasteiger partial charge in [-0.3, -0.25) is 4.79 Å². The summed E-state index contributed by atoms with van der Waals surface area (Å²) in [5.74, 6) is 0.443. The largest absolute Gasteiger partial charge is 0.476 e. The molecule has 2 rings (SSSR count). The second-order valence-corrected chi connectivity index (χ2v) is 3.46. The van der Waals surface area contributed by atoms with E-state index in [4.69, 9.17) is 15.6 Å². The van der Waals surface area contributed by atoms with E-state index in [1.165, 1.54) is 12.1 Å². The van der Waals surface area contributed by atoms with Crippen LogP contribution in [0.3, 0.4) is 0 Å². The lowest BCUT2D eigenvalue weighted by atomic mass is 10.2. The van der Waals surface area contributed by atoms with Crippen LogP contribution in [0.2, 0.25) is 0 Å². The molecule has 7 heteroatoms. The van der Waals surface area contributed by atoms with Crippen molar-refractivity contribution in [3.05, 3.63) is 23.5 Å². The number of aromatic nitrogens is 3. The number of fused-ring (bicyclic) bond motifs is 1. The number of hydrogen-bond acceptors (Lipinski definition) is 5. The number of rotatable bonds is 4. The lowest BCUT2D eigenvalue weighted by molar-refractivity contribution is 0.0999. The molecule has 2 aromatic heterocycles. The maximum absolute atomic E-state index is 11.1. The predicted octanol–water partition coefficient (Wildman–Crippen LogP) is -0.492. The summed E-state index contributed by atoms with van der Waals surface area (Å²) in [6.45, 7) is 1.76. The molecule has 17 heavy (non-hydrogen) atoms. The Hall–Kier alpha value is -2.15. The summed E-state index contributed by atoms with van der Waals surface area (Å²) in [6.07, 6.45) is 0. The Morgan fingerprint density at radius 1 is 1.53 bits per heavy atom. The third-order valence-electron chi connectivity index (χ3n) is 2.26. The Kier molecular flexibility index (Phi) is 2.92. The van der Waals surface area contributed by atoms with Crippen LogP contribution < -0.4 is 10.5 Å². The van der Waals surface area contributed by atoms with Gasteiger partial charge in [0.25, 0.3) is 0 Å². The van der Waals surface area contributed by atoms with Gasteiger partial charge in [0.15, 0.2) is 5.65 Å². The van der Waals surface area contributed by atoms with Gasteiger partial charge in [0, 0.05) is 11.6 Å². The van der Waals surface area contributed by atoms with E-state index in [9.17, 15) is 4.79 Å². The van der Waals surface area contributed by atoms with Gasteiger partial charge in [-0.1, -0.05) is 0 Å². The normalized spacial score (nSPS) is 10.7. The summed E-state index contributed by atoms with van der Waals surface area (Å²) in [6, 6.07) is 3.04. The number of aliphatic hydroxyl groups is 1. The molecule has 0 saturated heterocycles. The minimum absolute atomic E-state index is 0.120. The minimum atomic E-state index is -0.568. The van der Waals surface area contributed by atoms with E-state index in [1.807, 2.05) is 0 Å². The Morgan fingerprint density at radius 3 is 2.94 bits per heavy atom. The van der Waals surface area contributed by atoms with Gasteiger partial charge in [0.05, 0.1) is 6.61 Å². The van der Waals surface area contributed by atoms with E-state index in [-0.39, 0.29) is 18.8 Å². The molecule has 0 atom stereocenters. The number of aryl methyl sites for hydroxylation is 1. The SMILES string of the molecule is Cc1nnc2cc(C(N)=O)cc(OCCO)n12. The summed E-state index contributed by atoms with van der Waals surface area (Å²) in [5.41, 5.74) is 5.98. The van der Waals surface area contributed by atoms with Crippen molar-refractivity contribution in [3.8, 4) is 5.88 Å². The molecule has 0 bridgehead atoms. The van der Waals surface area contributed by atoms with E-state index < -0.39 is 5.91 Å². The Labute approximate surface area is 96.8 Å². The van der Waals surface area contributed by atoms with Crippen molar-refractivity contribution in [1.29, 1.82) is 0 Å². The zero-order chi connectivity index (χ0) is 12.4. The van der Waals surface area contributed by atoms with Gasteiger partial charge >= 0.3 is 0 Å². The molecule has 0 radical (unpaired) electrons. The van der Waals surface area contributed by atoms with Crippen molar-refractivity contribution in [2.24, 2.45) is 5.73 Å². The fourth-order valence-corrected chi connectivity index (χ4v) is 1.52. The number of nitrogens with two attached hydrogens (primary N) is 1. The molecular formula is C10H12N4O3. The van der Waals surface area contributed by atoms with Crippen LogP contribution in [0.1, 0.15) is 16.2 Å². The number of primary amides is 1. The highest BCUT2D eigenvalue weighted by atomic mass is 16.5. The number of hydrogen-bond donors (Lipinski definition) is 2. The standard InChI is InChI=1S/C10H12N4O3/c1-6-12-13-8-4-7(10(11)16)5-9(14(6)8)17-3-2-15/h4-5,15H,2-3H2,1H3,(H2,11,16). The molecule has 0 fully saturated rings. The molecule has 0 saturated carbocycles. The summed E-state index contributed by atoms with van der Waals surface area (Å²) in [5, 5.41) is 16.5. The molecule has 0 aliphatic rings. The van der Waals surface area contributed by atoms with Crippen LogP contribution in [0, 0.1) is 6.92 Å². The first kappa shape index (κ1) is 11.3. The zero-order valence-corrected chi connectivity index (χ0v) is 9.25. The molecular weight excluding hydrogens is 224 g/mol. The Balaban J connectivity index is 2.58. The van der Waals surface area contributed by atoms with Crippen LogP contribution in [0.25, 0.3) is 5.65 Å². The van der Waals surface area contributed by atoms with E-state index in [0.717, 1.165) is 0 Å². The van der Waals surface area contributed by atoms with Crippen molar-refractivity contribution < 1.29 is 14.6 Å². The number of nitrogens with zero attached hydrogens (tertiary/aromatic N) is 3. The average molecular weight is 236 g/mol. The highest BCUT2D eigenvalue weighted by Crippen LogP contribution is 2.18. The topological polar surface area (TPSA) is 103 Å². The maximum atomic E-state index is 11.1. The van der Waals surface area contributed by atoms with Gasteiger partial charge in [-0.25, -0.2) is 4.40 Å². The molecule has 0 aliphatic carbocycles. The van der Waals surface area contributed by atoms with E-state index in [1.54, 1.807) is 11.3 Å². The number of carbonyl (C=O) groups is 1. The highest BCUT2D eigenvalue weighted by molar-refractivity contribution is 5.94. The number of pyridine rings is 1. The van der Waals surface area contributed by atoms with Crippen molar-refractivity contribution in [2.75, 3.05) is 13.2 Å². The smallest absolute Gasteiger partial charge is 0.249 e. The van der Waals surface area contributed by atoms with Crippen LogP contribution >= 0.6 is 0 Å². The Bertz CT molecular complexity index is 564. The molecule has 7 nitrogen and oxygen atoms in total. The van der Waals surface area contributed by atoms with Crippen molar-refractivity contribution in [1.82, 2.24) is 14.6 Å². The van der Waals surface area contributed by atoms with Gasteiger partial charge in [-0.05, 0) is 13.0 Å². The molecule has 0 unspecified atom stereocenters. The van der Waals surface area contributed by atoms with Gasteiger partial charge in [0.2, 0.25) is 11.8 Å². The first-order valence-corrected chi connectivity index (χ1v) is 5.02. The Morgan fingerprint density at radius 2 is 2.29 bits per heavy atom. The van der Waals surface area contributed by atoms with Crippen LogP contribution in [0.15, 0.2) is 12.1 Å². The van der Waals surface area contributed by atoms with Gasteiger partial charge in [-0.2, -0.15) is 0 Å². The lowest BCUT2D eigenvalue weighted by Crippen LogP contribution is -2.13. The van der Waals surface area contributed by atoms with Crippen LogP contribution in [-0.4, -0.2) is 38.8 Å². The molecule has 2 aromatic rings. The summed E-state index contributed by atoms with van der Waals surface area (Å²) in [7, 11) is 0. The number of carbonyl (C=O) groups excluding carboxylic acids is 1. The van der Waals surface area contributed by atoms with Crippen LogP contribution in [0.5, 0.6) is 5.88 Å². The average Bonchev–Trinajstić information content (AvgIpc) is 2.68. The minimum Gasteiger partial charge on any atom is -0.476 e. The molecule has 1 amide bonds. The third kappa shape index (κ3) is 2.04. The molecule has 2 heterocycles. The number of aliphatic hydroxyl groups excluding tert-OH is 1. The highest BCUT2D eigenvalue weighted by Gasteiger charge is 2.12. The third-order valence-corrected chi connectivity index (χ3v) is 2.26. The van der Waals surface area contributed by atoms with E-state index in [0.29, 0.717) is 17.4 Å². The molecule has 90 valence electrons. The molecule has 0 aliphatic heterocycles. The second-order valence-electron chi connectivity index (χ2n) is 3.46. The van der Waals surface area contributed by atoms with Crippen molar-refractivity contribution in [2.45, 2.75) is 6.92 Å². The van der Waals surface area contributed by atoms with E-state index >= 15 is 0 Å². The number of amides is 1. The lowest BCUT2D eigenvalue weighted by Gasteiger charge is -2.08. The first-order chi connectivity index (χ1) is 8.13. The molecule has 0 aromatic carbocycles. The summed E-state index contributed by atoms with van der Waals surface area (Å²) in [4.78, 5) is 11.1. The molecule has 3 N–H and O–H groups in total. The van der Waals surface area contributed by atoms with Gasteiger partial charge < -0.3 is 15.6 Å². The van der Waals surface area contributed by atoms with E-state index in [2.05, 4.69) is 10.2 Å². The summed E-state index contributed by atoms with van der Waals surface area (Å²) < 4.78 is 6.96. The van der Waals surface area contributed by atoms with Gasteiger partial charge in [-0.15, -0.1) is 10.2 Å². The maximum Gasteiger partial charge on any atom is 0.249 e. The second kappa shape index (κ2) is 4.38. The monoisotopic (exact) mass is 236 g/mol. The van der Waals surface area contributed by atoms with Crippen molar-refractivity contribution >= 4 is 11.6 Å². The zero-order valence-electron chi connectivity index (χ0n) is 9.25. The number of ether oxygens (including phenoxy) is 1. The fourth-order valence-electron chi connectivity index (χ4n) is 1.52. The van der Waals surface area contributed by atoms with Crippen LogP contribution in [0.4, 0.5) is 0 Å².